The second-order valence-corrected chi connectivity index (χ2v) is 7.41. The van der Waals surface area contributed by atoms with Crippen LogP contribution in [0.5, 0.6) is 0 Å². The Hall–Kier alpha value is -0.820. The van der Waals surface area contributed by atoms with Crippen molar-refractivity contribution in [3.8, 4) is 0 Å². The van der Waals surface area contributed by atoms with Gasteiger partial charge in [-0.2, -0.15) is 0 Å². The Balaban J connectivity index is 2.43. The van der Waals surface area contributed by atoms with Gasteiger partial charge >= 0.3 is 0 Å². The van der Waals surface area contributed by atoms with E-state index in [0.29, 0.717) is 19.1 Å². The minimum Gasteiger partial charge on any atom is -0.383 e. The van der Waals surface area contributed by atoms with Crippen molar-refractivity contribution in [2.45, 2.75) is 25.8 Å². The van der Waals surface area contributed by atoms with Gasteiger partial charge in [-0.1, -0.05) is 0 Å². The third-order valence-electron chi connectivity index (χ3n) is 2.92. The standard InChI is InChI=1S/C11H23N3O3S/c1-9(6-17-2)14-10(12)13-7-11(4-5-11)8-18(3,15)16/h9H,4-8H2,1-3H3,(H3,12,13,14). The summed E-state index contributed by atoms with van der Waals surface area (Å²) in [6.07, 6.45) is 3.08. The first-order chi connectivity index (χ1) is 8.26. The van der Waals surface area contributed by atoms with E-state index in [1.165, 1.54) is 6.26 Å². The van der Waals surface area contributed by atoms with Crippen molar-refractivity contribution in [2.24, 2.45) is 16.1 Å². The monoisotopic (exact) mass is 277 g/mol. The molecule has 18 heavy (non-hydrogen) atoms. The Labute approximate surface area is 109 Å². The molecule has 0 heterocycles. The molecule has 1 fully saturated rings. The molecule has 1 atom stereocenters. The Morgan fingerprint density at radius 2 is 2.17 bits per heavy atom. The maximum absolute atomic E-state index is 11.3. The van der Waals surface area contributed by atoms with Gasteiger partial charge in [0.15, 0.2) is 5.96 Å². The third-order valence-corrected chi connectivity index (χ3v) is 4.06. The van der Waals surface area contributed by atoms with Gasteiger partial charge in [0.2, 0.25) is 0 Å². The van der Waals surface area contributed by atoms with Crippen LogP contribution in [0.2, 0.25) is 0 Å². The molecule has 106 valence electrons. The minimum atomic E-state index is -2.95. The van der Waals surface area contributed by atoms with Crippen LogP contribution in [-0.4, -0.2) is 52.7 Å². The fourth-order valence-electron chi connectivity index (χ4n) is 1.92. The summed E-state index contributed by atoms with van der Waals surface area (Å²) in [5.74, 6) is 0.545. The van der Waals surface area contributed by atoms with Crippen LogP contribution in [0.15, 0.2) is 4.99 Å². The first kappa shape index (κ1) is 15.2. The quantitative estimate of drug-likeness (QED) is 0.494. The van der Waals surface area contributed by atoms with Gasteiger partial charge in [-0.25, -0.2) is 8.42 Å². The summed E-state index contributed by atoms with van der Waals surface area (Å²) >= 11 is 0. The molecule has 0 aliphatic heterocycles. The summed E-state index contributed by atoms with van der Waals surface area (Å²) in [6, 6.07) is 0.0869. The Morgan fingerprint density at radius 1 is 1.56 bits per heavy atom. The van der Waals surface area contributed by atoms with Gasteiger partial charge in [0, 0.05) is 31.4 Å². The Kier molecular flexibility index (Phi) is 4.98. The number of nitrogens with two attached hydrogens (primary N) is 1. The summed E-state index contributed by atoms with van der Waals surface area (Å²) in [7, 11) is -1.33. The average molecular weight is 277 g/mol. The number of hydrogen-bond donors (Lipinski definition) is 2. The molecule has 7 heteroatoms. The lowest BCUT2D eigenvalue weighted by Gasteiger charge is -2.15. The van der Waals surface area contributed by atoms with Crippen molar-refractivity contribution in [1.29, 1.82) is 0 Å². The molecule has 1 aliphatic carbocycles. The predicted octanol–water partition coefficient (Wildman–Crippen LogP) is -0.250. The van der Waals surface area contributed by atoms with E-state index in [-0.39, 0.29) is 17.2 Å². The van der Waals surface area contributed by atoms with E-state index in [9.17, 15) is 8.42 Å². The molecule has 0 amide bonds. The van der Waals surface area contributed by atoms with Crippen molar-refractivity contribution >= 4 is 15.8 Å². The highest BCUT2D eigenvalue weighted by Crippen LogP contribution is 2.46. The summed E-state index contributed by atoms with van der Waals surface area (Å²) in [5.41, 5.74) is 5.56. The molecular weight excluding hydrogens is 254 g/mol. The summed E-state index contributed by atoms with van der Waals surface area (Å²) < 4.78 is 27.5. The Bertz CT molecular complexity index is 402. The van der Waals surface area contributed by atoms with Gasteiger partial charge in [-0.15, -0.1) is 0 Å². The summed E-state index contributed by atoms with van der Waals surface area (Å²) in [6.45, 7) is 2.96. The van der Waals surface area contributed by atoms with E-state index in [1.54, 1.807) is 7.11 Å². The summed E-state index contributed by atoms with van der Waals surface area (Å²) in [4.78, 5) is 4.23. The van der Waals surface area contributed by atoms with E-state index in [0.717, 1.165) is 12.8 Å². The molecule has 0 saturated heterocycles. The highest BCUT2D eigenvalue weighted by molar-refractivity contribution is 7.90. The molecule has 0 aromatic carbocycles. The normalized spacial score (nSPS) is 20.5. The number of nitrogens with one attached hydrogen (secondary N) is 1. The van der Waals surface area contributed by atoms with Gasteiger partial charge in [-0.05, 0) is 19.8 Å². The van der Waals surface area contributed by atoms with Crippen LogP contribution in [0.4, 0.5) is 0 Å². The molecule has 0 spiro atoms. The van der Waals surface area contributed by atoms with E-state index in [2.05, 4.69) is 10.3 Å². The van der Waals surface area contributed by atoms with Crippen molar-refractivity contribution in [1.82, 2.24) is 5.32 Å². The molecule has 0 aromatic heterocycles. The highest BCUT2D eigenvalue weighted by Gasteiger charge is 2.45. The average Bonchev–Trinajstić information content (AvgIpc) is 2.93. The molecule has 1 unspecified atom stereocenters. The largest absolute Gasteiger partial charge is 0.383 e. The summed E-state index contributed by atoms with van der Waals surface area (Å²) in [5, 5.41) is 3.00. The molecule has 6 nitrogen and oxygen atoms in total. The lowest BCUT2D eigenvalue weighted by molar-refractivity contribution is 0.179. The zero-order valence-electron chi connectivity index (χ0n) is 11.3. The van der Waals surface area contributed by atoms with Gasteiger partial charge < -0.3 is 15.8 Å². The number of ether oxygens (including phenoxy) is 1. The van der Waals surface area contributed by atoms with Gasteiger partial charge in [0.1, 0.15) is 9.84 Å². The van der Waals surface area contributed by atoms with E-state index in [4.69, 9.17) is 10.5 Å². The molecule has 0 bridgehead atoms. The second-order valence-electron chi connectivity index (χ2n) is 5.27. The van der Waals surface area contributed by atoms with Crippen LogP contribution >= 0.6 is 0 Å². The third kappa shape index (κ3) is 5.68. The van der Waals surface area contributed by atoms with E-state index in [1.807, 2.05) is 6.92 Å². The molecule has 1 rings (SSSR count). The van der Waals surface area contributed by atoms with Crippen LogP contribution < -0.4 is 11.1 Å². The number of aliphatic imine (C=N–C) groups is 1. The van der Waals surface area contributed by atoms with Gasteiger partial charge in [-0.3, -0.25) is 4.99 Å². The Morgan fingerprint density at radius 3 is 2.61 bits per heavy atom. The van der Waals surface area contributed by atoms with Gasteiger partial charge in [0.05, 0.1) is 12.4 Å². The first-order valence-corrected chi connectivity index (χ1v) is 8.05. The lowest BCUT2D eigenvalue weighted by Crippen LogP contribution is -2.41. The van der Waals surface area contributed by atoms with Crippen molar-refractivity contribution in [3.05, 3.63) is 0 Å². The van der Waals surface area contributed by atoms with E-state index < -0.39 is 9.84 Å². The number of methoxy groups -OCH3 is 1. The van der Waals surface area contributed by atoms with Crippen LogP contribution in [-0.2, 0) is 14.6 Å². The minimum absolute atomic E-state index is 0.0869. The molecule has 0 aromatic rings. The first-order valence-electron chi connectivity index (χ1n) is 5.99. The topological polar surface area (TPSA) is 93.8 Å². The molecule has 3 N–H and O–H groups in total. The van der Waals surface area contributed by atoms with Crippen LogP contribution in [0.3, 0.4) is 0 Å². The van der Waals surface area contributed by atoms with Crippen LogP contribution in [0.25, 0.3) is 0 Å². The van der Waals surface area contributed by atoms with Crippen molar-refractivity contribution in [2.75, 3.05) is 32.3 Å². The molecule has 1 aliphatic rings. The van der Waals surface area contributed by atoms with Crippen molar-refractivity contribution < 1.29 is 13.2 Å². The van der Waals surface area contributed by atoms with Gasteiger partial charge in [0.25, 0.3) is 0 Å². The zero-order valence-corrected chi connectivity index (χ0v) is 12.1. The number of sulfone groups is 1. The fraction of sp³-hybridized carbons (Fsp3) is 0.909. The number of hydrogen-bond acceptors (Lipinski definition) is 4. The fourth-order valence-corrected chi connectivity index (χ4v) is 3.42. The van der Waals surface area contributed by atoms with Crippen LogP contribution in [0, 0.1) is 5.41 Å². The number of guanidine groups is 1. The maximum Gasteiger partial charge on any atom is 0.188 e. The predicted molar refractivity (Wildman–Crippen MR) is 72.3 cm³/mol. The molecule has 1 saturated carbocycles. The smallest absolute Gasteiger partial charge is 0.188 e. The molecule has 0 radical (unpaired) electrons. The van der Waals surface area contributed by atoms with E-state index >= 15 is 0 Å². The number of nitrogens with zero attached hydrogens (tertiary/aromatic N) is 1. The highest BCUT2D eigenvalue weighted by atomic mass is 32.2. The number of rotatable bonds is 7. The lowest BCUT2D eigenvalue weighted by atomic mass is 10.1. The van der Waals surface area contributed by atoms with Crippen LogP contribution in [0.1, 0.15) is 19.8 Å². The van der Waals surface area contributed by atoms with Crippen molar-refractivity contribution in [3.63, 3.8) is 0 Å². The SMILES string of the molecule is COCC(C)NC(N)=NCC1(CS(C)(=O)=O)CC1. The zero-order chi connectivity index (χ0) is 13.8. The molecular formula is C11H23N3O3S. The second kappa shape index (κ2) is 5.88. The maximum atomic E-state index is 11.3.